The number of nitrogens with zero attached hydrogens (tertiary/aromatic N) is 4. The van der Waals surface area contributed by atoms with Gasteiger partial charge in [-0.25, -0.2) is 4.98 Å². The summed E-state index contributed by atoms with van der Waals surface area (Å²) >= 11 is 0. The fourth-order valence-electron chi connectivity index (χ4n) is 5.79. The van der Waals surface area contributed by atoms with Crippen molar-refractivity contribution in [3.63, 3.8) is 0 Å². The van der Waals surface area contributed by atoms with Gasteiger partial charge in [-0.2, -0.15) is 0 Å². The summed E-state index contributed by atoms with van der Waals surface area (Å²) in [7, 11) is 0. The first-order valence-corrected chi connectivity index (χ1v) is 12.8. The Hall–Kier alpha value is -3.87. The van der Waals surface area contributed by atoms with Crippen LogP contribution in [0.5, 0.6) is 0 Å². The van der Waals surface area contributed by atoms with Crippen LogP contribution in [0.4, 0.5) is 0 Å². The number of para-hydroxylation sites is 1. The van der Waals surface area contributed by atoms with Crippen molar-refractivity contribution in [3.05, 3.63) is 89.6 Å². The van der Waals surface area contributed by atoms with Gasteiger partial charge in [-0.05, 0) is 35.1 Å². The lowest BCUT2D eigenvalue weighted by molar-refractivity contribution is -0.158. The fourth-order valence-corrected chi connectivity index (χ4v) is 5.79. The van der Waals surface area contributed by atoms with Crippen molar-refractivity contribution in [2.45, 2.75) is 51.2 Å². The van der Waals surface area contributed by atoms with Crippen LogP contribution in [0.2, 0.25) is 0 Å². The SMILES string of the molecule is CC(C)c1ccc(C2c3[nH]c4ccccc4c3C[C@H]3C(=O)N(CCCn4ccnc4)CC(=O)N23)cc1. The lowest BCUT2D eigenvalue weighted by atomic mass is 9.85. The topological polar surface area (TPSA) is 74.2 Å². The van der Waals surface area contributed by atoms with E-state index in [1.807, 2.05) is 27.8 Å². The number of carbonyl (C=O) groups is 2. The summed E-state index contributed by atoms with van der Waals surface area (Å²) in [5.41, 5.74) is 5.51. The normalized spacial score (nSPS) is 19.8. The number of aryl methyl sites for hydroxylation is 1. The van der Waals surface area contributed by atoms with Crippen LogP contribution in [0.25, 0.3) is 10.9 Å². The number of benzene rings is 2. The van der Waals surface area contributed by atoms with E-state index in [2.05, 4.69) is 60.2 Å². The molecule has 7 heteroatoms. The van der Waals surface area contributed by atoms with Crippen LogP contribution in [-0.2, 0) is 22.6 Å². The Morgan fingerprint density at radius 1 is 1.06 bits per heavy atom. The molecule has 0 aliphatic carbocycles. The molecular weight excluding hydrogens is 450 g/mol. The molecule has 2 aliphatic heterocycles. The first-order chi connectivity index (χ1) is 17.5. The van der Waals surface area contributed by atoms with Crippen LogP contribution in [0, 0.1) is 0 Å². The number of rotatable bonds is 6. The van der Waals surface area contributed by atoms with Crippen molar-refractivity contribution in [1.82, 2.24) is 24.3 Å². The smallest absolute Gasteiger partial charge is 0.246 e. The predicted octanol–water partition coefficient (Wildman–Crippen LogP) is 4.26. The first-order valence-electron chi connectivity index (χ1n) is 12.8. The van der Waals surface area contributed by atoms with Gasteiger partial charge in [0.15, 0.2) is 0 Å². The highest BCUT2D eigenvalue weighted by Crippen LogP contribution is 2.42. The number of hydrogen-bond donors (Lipinski definition) is 1. The molecule has 6 rings (SSSR count). The molecular formula is C29H31N5O2. The number of fused-ring (bicyclic) bond motifs is 4. The minimum atomic E-state index is -0.499. The molecule has 1 fully saturated rings. The van der Waals surface area contributed by atoms with Gasteiger partial charge in [-0.15, -0.1) is 0 Å². The van der Waals surface area contributed by atoms with E-state index < -0.39 is 6.04 Å². The quantitative estimate of drug-likeness (QED) is 0.447. The van der Waals surface area contributed by atoms with Gasteiger partial charge in [0.2, 0.25) is 11.8 Å². The van der Waals surface area contributed by atoms with Gasteiger partial charge in [0, 0.05) is 48.5 Å². The number of imidazole rings is 1. The molecule has 0 spiro atoms. The minimum Gasteiger partial charge on any atom is -0.356 e. The molecule has 2 atom stereocenters. The average molecular weight is 482 g/mol. The lowest BCUT2D eigenvalue weighted by Gasteiger charge is -2.47. The van der Waals surface area contributed by atoms with E-state index in [1.165, 1.54) is 5.56 Å². The Balaban J connectivity index is 1.36. The third kappa shape index (κ3) is 3.79. The number of piperazine rings is 1. The van der Waals surface area contributed by atoms with Crippen LogP contribution < -0.4 is 0 Å². The van der Waals surface area contributed by atoms with Crippen LogP contribution in [0.15, 0.2) is 67.3 Å². The molecule has 1 N–H and O–H groups in total. The van der Waals surface area contributed by atoms with Crippen molar-refractivity contribution >= 4 is 22.7 Å². The number of carbonyl (C=O) groups excluding carboxylic acids is 2. The molecule has 2 aromatic heterocycles. The van der Waals surface area contributed by atoms with Crippen molar-refractivity contribution in [2.24, 2.45) is 0 Å². The summed E-state index contributed by atoms with van der Waals surface area (Å²) in [6.45, 7) is 5.80. The molecule has 36 heavy (non-hydrogen) atoms. The van der Waals surface area contributed by atoms with Crippen LogP contribution >= 0.6 is 0 Å². The second kappa shape index (κ2) is 8.97. The number of nitrogens with one attached hydrogen (secondary N) is 1. The average Bonchev–Trinajstić information content (AvgIpc) is 3.53. The summed E-state index contributed by atoms with van der Waals surface area (Å²) < 4.78 is 2.00. The third-order valence-corrected chi connectivity index (χ3v) is 7.66. The number of aromatic nitrogens is 3. The number of amides is 2. The summed E-state index contributed by atoms with van der Waals surface area (Å²) in [5, 5.41) is 1.13. The summed E-state index contributed by atoms with van der Waals surface area (Å²) in [6.07, 6.45) is 6.75. The molecule has 1 saturated heterocycles. The third-order valence-electron chi connectivity index (χ3n) is 7.66. The summed E-state index contributed by atoms with van der Waals surface area (Å²) in [5.74, 6) is 0.473. The zero-order valence-electron chi connectivity index (χ0n) is 20.7. The zero-order chi connectivity index (χ0) is 24.8. The van der Waals surface area contributed by atoms with Gasteiger partial charge in [0.05, 0.1) is 18.9 Å². The maximum Gasteiger partial charge on any atom is 0.246 e. The molecule has 2 aliphatic rings. The van der Waals surface area contributed by atoms with Gasteiger partial charge in [-0.3, -0.25) is 9.59 Å². The number of hydrogen-bond acceptors (Lipinski definition) is 3. The van der Waals surface area contributed by atoms with Crippen molar-refractivity contribution in [2.75, 3.05) is 13.1 Å². The fraction of sp³-hybridized carbons (Fsp3) is 0.345. The van der Waals surface area contributed by atoms with E-state index >= 15 is 0 Å². The van der Waals surface area contributed by atoms with Crippen LogP contribution in [-0.4, -0.2) is 55.3 Å². The highest BCUT2D eigenvalue weighted by atomic mass is 16.2. The van der Waals surface area contributed by atoms with Crippen LogP contribution in [0.3, 0.4) is 0 Å². The Morgan fingerprint density at radius 3 is 2.61 bits per heavy atom. The molecule has 4 heterocycles. The van der Waals surface area contributed by atoms with Crippen molar-refractivity contribution in [1.29, 1.82) is 0 Å². The maximum absolute atomic E-state index is 13.8. The van der Waals surface area contributed by atoms with Crippen molar-refractivity contribution < 1.29 is 9.59 Å². The van der Waals surface area contributed by atoms with Crippen molar-refractivity contribution in [3.8, 4) is 0 Å². The second-order valence-corrected chi connectivity index (χ2v) is 10.2. The Morgan fingerprint density at radius 2 is 1.86 bits per heavy atom. The molecule has 2 amide bonds. The summed E-state index contributed by atoms with van der Waals surface area (Å²) in [6, 6.07) is 15.9. The number of H-pyrrole nitrogens is 1. The van der Waals surface area contributed by atoms with Gasteiger partial charge in [0.25, 0.3) is 0 Å². The van der Waals surface area contributed by atoms with E-state index in [9.17, 15) is 9.59 Å². The minimum absolute atomic E-state index is 0.00414. The zero-order valence-corrected chi connectivity index (χ0v) is 20.7. The molecule has 0 bridgehead atoms. The van der Waals surface area contributed by atoms with E-state index in [0.717, 1.165) is 40.7 Å². The highest BCUT2D eigenvalue weighted by Gasteiger charge is 2.48. The van der Waals surface area contributed by atoms with Crippen LogP contribution in [0.1, 0.15) is 54.6 Å². The van der Waals surface area contributed by atoms with E-state index in [-0.39, 0.29) is 24.4 Å². The molecule has 0 saturated carbocycles. The van der Waals surface area contributed by atoms with E-state index in [0.29, 0.717) is 18.9 Å². The molecule has 4 aromatic rings. The maximum atomic E-state index is 13.8. The first kappa shape index (κ1) is 22.6. The molecule has 2 aromatic carbocycles. The molecule has 0 radical (unpaired) electrons. The van der Waals surface area contributed by atoms with Gasteiger partial charge in [-0.1, -0.05) is 56.3 Å². The molecule has 184 valence electrons. The predicted molar refractivity (Wildman–Crippen MR) is 138 cm³/mol. The van der Waals surface area contributed by atoms with Gasteiger partial charge in [0.1, 0.15) is 6.04 Å². The second-order valence-electron chi connectivity index (χ2n) is 10.2. The Kier molecular flexibility index (Phi) is 5.63. The Bertz CT molecular complexity index is 1400. The molecule has 7 nitrogen and oxygen atoms in total. The standard InChI is InChI=1S/C29H31N5O2/c1-19(2)20-8-10-21(11-9-20)28-27-23(22-6-3-4-7-24(22)31-27)16-25-29(36)33(17-26(35)34(25)28)14-5-13-32-15-12-30-18-32/h3-4,6-12,15,18-19,25,28,31H,5,13-14,16-17H2,1-2H3/t25-,28?/m0/s1. The number of aromatic amines is 1. The summed E-state index contributed by atoms with van der Waals surface area (Å²) in [4.78, 5) is 38.7. The van der Waals surface area contributed by atoms with Gasteiger partial charge >= 0.3 is 0 Å². The van der Waals surface area contributed by atoms with Gasteiger partial charge < -0.3 is 19.4 Å². The monoisotopic (exact) mass is 481 g/mol. The largest absolute Gasteiger partial charge is 0.356 e. The Labute approximate surface area is 210 Å². The highest BCUT2D eigenvalue weighted by molar-refractivity contribution is 5.97. The van der Waals surface area contributed by atoms with E-state index in [4.69, 9.17) is 0 Å². The lowest BCUT2D eigenvalue weighted by Crippen LogP contribution is -2.63. The van der Waals surface area contributed by atoms with E-state index in [1.54, 1.807) is 17.4 Å². The molecule has 1 unspecified atom stereocenters.